The molecule has 2 aliphatic rings. The fourth-order valence-electron chi connectivity index (χ4n) is 3.77. The van der Waals surface area contributed by atoms with Crippen LogP contribution < -0.4 is 5.32 Å². The van der Waals surface area contributed by atoms with Crippen molar-refractivity contribution >= 4 is 11.6 Å². The number of rotatable bonds is 2. The monoisotopic (exact) mass is 279 g/mol. The highest BCUT2D eigenvalue weighted by atomic mass is 19.1. The number of amides is 1. The van der Waals surface area contributed by atoms with E-state index in [1.54, 1.807) is 0 Å². The molecule has 0 aromatic heterocycles. The summed E-state index contributed by atoms with van der Waals surface area (Å²) in [5.41, 5.74) is 0.662. The van der Waals surface area contributed by atoms with Gasteiger partial charge in [-0.3, -0.25) is 4.79 Å². The lowest BCUT2D eigenvalue weighted by molar-refractivity contribution is -0.118. The summed E-state index contributed by atoms with van der Waals surface area (Å²) in [4.78, 5) is 12.2. The second-order valence-corrected chi connectivity index (χ2v) is 6.08. The van der Waals surface area contributed by atoms with E-state index < -0.39 is 17.6 Å². The van der Waals surface area contributed by atoms with E-state index in [1.165, 1.54) is 25.3 Å². The third-order valence-corrected chi connectivity index (χ3v) is 4.87. The zero-order chi connectivity index (χ0) is 14.3. The van der Waals surface area contributed by atoms with Gasteiger partial charge in [0.05, 0.1) is 11.6 Å². The number of benzene rings is 1. The van der Waals surface area contributed by atoms with Gasteiger partial charge in [0.2, 0.25) is 5.91 Å². The Morgan fingerprint density at radius 3 is 2.60 bits per heavy atom. The zero-order valence-corrected chi connectivity index (χ0v) is 11.6. The molecule has 1 aliphatic heterocycles. The van der Waals surface area contributed by atoms with E-state index in [4.69, 9.17) is 0 Å². The first-order valence-electron chi connectivity index (χ1n) is 7.37. The smallest absolute Gasteiger partial charge is 0.232 e. The summed E-state index contributed by atoms with van der Waals surface area (Å²) < 4.78 is 27.2. The fourth-order valence-corrected chi connectivity index (χ4v) is 3.77. The topological polar surface area (TPSA) is 29.1 Å². The lowest BCUT2D eigenvalue weighted by Crippen LogP contribution is -2.26. The molecule has 1 fully saturated rings. The van der Waals surface area contributed by atoms with E-state index in [1.807, 2.05) is 6.92 Å². The highest BCUT2D eigenvalue weighted by Gasteiger charge is 2.39. The van der Waals surface area contributed by atoms with Crippen molar-refractivity contribution in [2.75, 3.05) is 5.32 Å². The van der Waals surface area contributed by atoms with Crippen molar-refractivity contribution in [1.82, 2.24) is 0 Å². The largest absolute Gasteiger partial charge is 0.323 e. The minimum Gasteiger partial charge on any atom is -0.323 e. The molecule has 1 aliphatic carbocycles. The van der Waals surface area contributed by atoms with Gasteiger partial charge in [0.25, 0.3) is 0 Å². The lowest BCUT2D eigenvalue weighted by Gasteiger charge is -2.30. The van der Waals surface area contributed by atoms with Crippen molar-refractivity contribution in [2.24, 2.45) is 11.8 Å². The number of nitrogens with one attached hydrogen (secondary N) is 1. The summed E-state index contributed by atoms with van der Waals surface area (Å²) in [5.74, 6) is -1.30. The lowest BCUT2D eigenvalue weighted by atomic mass is 9.73. The van der Waals surface area contributed by atoms with Crippen LogP contribution in [-0.4, -0.2) is 5.91 Å². The van der Waals surface area contributed by atoms with Crippen LogP contribution in [0.15, 0.2) is 12.1 Å². The first-order chi connectivity index (χ1) is 9.58. The van der Waals surface area contributed by atoms with Gasteiger partial charge in [0.1, 0.15) is 11.6 Å². The standard InChI is InChI=1S/C16H19F2NO/c1-9(10-5-3-2-4-6-10)14-12-7-11(17)8-13(18)15(12)19-16(14)20/h7-10,14H,2-6H2,1H3,(H,19,20). The second-order valence-electron chi connectivity index (χ2n) is 6.08. The summed E-state index contributed by atoms with van der Waals surface area (Å²) >= 11 is 0. The predicted octanol–water partition coefficient (Wildman–Crippen LogP) is 4.22. The van der Waals surface area contributed by atoms with Gasteiger partial charge < -0.3 is 5.32 Å². The maximum absolute atomic E-state index is 13.7. The Kier molecular flexibility index (Phi) is 3.48. The summed E-state index contributed by atoms with van der Waals surface area (Å²) in [5, 5.41) is 2.58. The minimum atomic E-state index is -0.674. The van der Waals surface area contributed by atoms with Crippen molar-refractivity contribution in [2.45, 2.75) is 44.9 Å². The third-order valence-electron chi connectivity index (χ3n) is 4.87. The number of hydrogen-bond donors (Lipinski definition) is 1. The molecular formula is C16H19F2NO. The molecular weight excluding hydrogens is 260 g/mol. The van der Waals surface area contributed by atoms with Crippen molar-refractivity contribution in [3.8, 4) is 0 Å². The van der Waals surface area contributed by atoms with E-state index in [0.717, 1.165) is 18.9 Å². The number of fused-ring (bicyclic) bond motifs is 1. The van der Waals surface area contributed by atoms with Gasteiger partial charge >= 0.3 is 0 Å². The molecule has 20 heavy (non-hydrogen) atoms. The zero-order valence-electron chi connectivity index (χ0n) is 11.6. The summed E-state index contributed by atoms with van der Waals surface area (Å²) in [7, 11) is 0. The molecule has 2 unspecified atom stereocenters. The summed E-state index contributed by atoms with van der Waals surface area (Å²) in [6.07, 6.45) is 5.84. The molecule has 4 heteroatoms. The van der Waals surface area contributed by atoms with E-state index in [0.29, 0.717) is 11.5 Å². The quantitative estimate of drug-likeness (QED) is 0.863. The average molecular weight is 279 g/mol. The highest BCUT2D eigenvalue weighted by molar-refractivity contribution is 6.03. The predicted molar refractivity (Wildman–Crippen MR) is 73.5 cm³/mol. The maximum atomic E-state index is 13.7. The van der Waals surface area contributed by atoms with Gasteiger partial charge in [-0.05, 0) is 23.5 Å². The van der Waals surface area contributed by atoms with Gasteiger partial charge in [0.15, 0.2) is 0 Å². The van der Waals surface area contributed by atoms with E-state index in [9.17, 15) is 13.6 Å². The van der Waals surface area contributed by atoms with Crippen molar-refractivity contribution < 1.29 is 13.6 Å². The number of halogens is 2. The van der Waals surface area contributed by atoms with Crippen LogP contribution in [0.25, 0.3) is 0 Å². The van der Waals surface area contributed by atoms with Crippen molar-refractivity contribution in [1.29, 1.82) is 0 Å². The first-order valence-corrected chi connectivity index (χ1v) is 7.37. The minimum absolute atomic E-state index is 0.123. The molecule has 1 heterocycles. The average Bonchev–Trinajstić information content (AvgIpc) is 2.76. The summed E-state index contributed by atoms with van der Waals surface area (Å²) in [6, 6.07) is 2.13. The van der Waals surface area contributed by atoms with Gasteiger partial charge in [-0.25, -0.2) is 8.78 Å². The third kappa shape index (κ3) is 2.21. The first kappa shape index (κ1) is 13.5. The molecule has 1 amide bonds. The number of anilines is 1. The Balaban J connectivity index is 1.93. The molecule has 2 atom stereocenters. The molecule has 0 radical (unpaired) electrons. The highest BCUT2D eigenvalue weighted by Crippen LogP contribution is 2.44. The van der Waals surface area contributed by atoms with E-state index in [2.05, 4.69) is 5.32 Å². The maximum Gasteiger partial charge on any atom is 0.232 e. The molecule has 0 spiro atoms. The molecule has 108 valence electrons. The molecule has 1 saturated carbocycles. The molecule has 1 aromatic rings. The van der Waals surface area contributed by atoms with E-state index in [-0.39, 0.29) is 17.5 Å². The van der Waals surface area contributed by atoms with Crippen LogP contribution in [0.3, 0.4) is 0 Å². The van der Waals surface area contributed by atoms with Crippen molar-refractivity contribution in [3.05, 3.63) is 29.3 Å². The van der Waals surface area contributed by atoms with Crippen LogP contribution in [0.1, 0.15) is 50.5 Å². The Hall–Kier alpha value is -1.45. The molecule has 3 rings (SSSR count). The van der Waals surface area contributed by atoms with Gasteiger partial charge in [-0.2, -0.15) is 0 Å². The van der Waals surface area contributed by atoms with Crippen LogP contribution in [-0.2, 0) is 4.79 Å². The fraction of sp³-hybridized carbons (Fsp3) is 0.562. The number of carbonyl (C=O) groups excluding carboxylic acids is 1. The Bertz CT molecular complexity index is 538. The van der Waals surface area contributed by atoms with Crippen LogP contribution in [0.5, 0.6) is 0 Å². The van der Waals surface area contributed by atoms with Gasteiger partial charge in [-0.1, -0.05) is 39.0 Å². The normalized spacial score (nSPS) is 24.4. The summed E-state index contributed by atoms with van der Waals surface area (Å²) in [6.45, 7) is 2.04. The van der Waals surface area contributed by atoms with E-state index >= 15 is 0 Å². The molecule has 1 aromatic carbocycles. The van der Waals surface area contributed by atoms with Gasteiger partial charge in [-0.15, -0.1) is 0 Å². The Labute approximate surface area is 117 Å². The van der Waals surface area contributed by atoms with Crippen LogP contribution >= 0.6 is 0 Å². The molecule has 2 nitrogen and oxygen atoms in total. The van der Waals surface area contributed by atoms with Crippen molar-refractivity contribution in [3.63, 3.8) is 0 Å². The van der Waals surface area contributed by atoms with Crippen LogP contribution in [0.4, 0.5) is 14.5 Å². The van der Waals surface area contributed by atoms with Crippen LogP contribution in [0, 0.1) is 23.5 Å². The Morgan fingerprint density at radius 1 is 1.20 bits per heavy atom. The van der Waals surface area contributed by atoms with Crippen LogP contribution in [0.2, 0.25) is 0 Å². The second kappa shape index (κ2) is 5.15. The Morgan fingerprint density at radius 2 is 1.90 bits per heavy atom. The molecule has 1 N–H and O–H groups in total. The molecule has 0 saturated heterocycles. The molecule has 0 bridgehead atoms. The number of hydrogen-bond acceptors (Lipinski definition) is 1. The SMILES string of the molecule is CC(C1CCCCC1)C1C(=O)Nc2c(F)cc(F)cc21. The number of carbonyl (C=O) groups is 1. The van der Waals surface area contributed by atoms with Gasteiger partial charge in [0, 0.05) is 6.07 Å².